The van der Waals surface area contributed by atoms with Gasteiger partial charge in [-0.1, -0.05) is 11.6 Å². The predicted octanol–water partition coefficient (Wildman–Crippen LogP) is 2.67. The highest BCUT2D eigenvalue weighted by Gasteiger charge is 2.27. The van der Waals surface area contributed by atoms with Gasteiger partial charge in [0.25, 0.3) is 0 Å². The SMILES string of the molecule is Cc1cc2c(cc1Cl)N(C)CNS2(O)O. The van der Waals surface area contributed by atoms with Crippen LogP contribution in [0.2, 0.25) is 5.02 Å². The lowest BCUT2D eigenvalue weighted by atomic mass is 10.2. The lowest BCUT2D eigenvalue weighted by molar-refractivity contribution is 0.464. The van der Waals surface area contributed by atoms with E-state index in [0.717, 1.165) is 11.3 Å². The smallest absolute Gasteiger partial charge is 0.0988 e. The summed E-state index contributed by atoms with van der Waals surface area (Å²) in [6.07, 6.45) is 0. The molecule has 3 N–H and O–H groups in total. The van der Waals surface area contributed by atoms with Crippen LogP contribution in [0.3, 0.4) is 0 Å². The third-order valence-electron chi connectivity index (χ3n) is 2.46. The summed E-state index contributed by atoms with van der Waals surface area (Å²) in [6.45, 7) is 2.24. The first kappa shape index (κ1) is 11.0. The molecule has 4 nitrogen and oxygen atoms in total. The number of hydrogen-bond donors (Lipinski definition) is 3. The quantitative estimate of drug-likeness (QED) is 0.661. The van der Waals surface area contributed by atoms with E-state index in [4.69, 9.17) is 11.6 Å². The molecule has 0 saturated heterocycles. The standard InChI is InChI=1S/C9H13ClN2O2S/c1-6-3-9-8(4-7(6)10)12(2)5-11-15(9,13)14/h3-4,11,13-14H,5H2,1-2H3. The molecule has 1 aliphatic rings. The minimum atomic E-state index is -2.86. The summed E-state index contributed by atoms with van der Waals surface area (Å²) >= 11 is 6.00. The zero-order chi connectivity index (χ0) is 11.2. The predicted molar refractivity (Wildman–Crippen MR) is 63.7 cm³/mol. The Labute approximate surface area is 95.3 Å². The van der Waals surface area contributed by atoms with Gasteiger partial charge in [0.15, 0.2) is 0 Å². The lowest BCUT2D eigenvalue weighted by Gasteiger charge is -2.42. The third-order valence-corrected chi connectivity index (χ3v) is 4.34. The van der Waals surface area contributed by atoms with Crippen molar-refractivity contribution in [3.05, 3.63) is 22.7 Å². The van der Waals surface area contributed by atoms with Gasteiger partial charge in [0.05, 0.1) is 17.3 Å². The summed E-state index contributed by atoms with van der Waals surface area (Å²) in [7, 11) is -0.997. The maximum absolute atomic E-state index is 9.82. The van der Waals surface area contributed by atoms with Crippen molar-refractivity contribution in [3.8, 4) is 0 Å². The van der Waals surface area contributed by atoms with E-state index in [1.807, 2.05) is 18.9 Å². The van der Waals surface area contributed by atoms with E-state index >= 15 is 0 Å². The topological polar surface area (TPSA) is 55.7 Å². The number of nitrogens with zero attached hydrogens (tertiary/aromatic N) is 1. The summed E-state index contributed by atoms with van der Waals surface area (Å²) in [4.78, 5) is 2.40. The van der Waals surface area contributed by atoms with Gasteiger partial charge in [0, 0.05) is 12.1 Å². The average molecular weight is 249 g/mol. The maximum Gasteiger partial charge on any atom is 0.0988 e. The van der Waals surface area contributed by atoms with Crippen molar-refractivity contribution >= 4 is 28.1 Å². The molecule has 1 aliphatic heterocycles. The fourth-order valence-electron chi connectivity index (χ4n) is 1.52. The molecule has 1 heterocycles. The molecule has 1 aromatic carbocycles. The monoisotopic (exact) mass is 248 g/mol. The van der Waals surface area contributed by atoms with Crippen molar-refractivity contribution in [1.29, 1.82) is 0 Å². The van der Waals surface area contributed by atoms with Gasteiger partial charge in [0.2, 0.25) is 0 Å². The van der Waals surface area contributed by atoms with Crippen molar-refractivity contribution in [2.45, 2.75) is 11.8 Å². The molecular formula is C9H13ClN2O2S. The van der Waals surface area contributed by atoms with Crippen LogP contribution in [-0.2, 0) is 0 Å². The first-order valence-corrected chi connectivity index (χ1v) is 6.38. The molecule has 2 rings (SSSR count). The van der Waals surface area contributed by atoms with E-state index in [2.05, 4.69) is 4.72 Å². The van der Waals surface area contributed by atoms with E-state index in [9.17, 15) is 9.11 Å². The molecule has 1 aromatic rings. The Kier molecular flexibility index (Phi) is 2.60. The van der Waals surface area contributed by atoms with E-state index in [1.54, 1.807) is 12.1 Å². The number of nitrogens with one attached hydrogen (secondary N) is 1. The fraction of sp³-hybridized carbons (Fsp3) is 0.333. The molecule has 6 heteroatoms. The average Bonchev–Trinajstić information content (AvgIpc) is 2.16. The van der Waals surface area contributed by atoms with Crippen LogP contribution in [0, 0.1) is 6.92 Å². The lowest BCUT2D eigenvalue weighted by Crippen LogP contribution is -2.38. The van der Waals surface area contributed by atoms with Crippen molar-refractivity contribution in [2.24, 2.45) is 0 Å². The Bertz CT molecular complexity index is 411. The van der Waals surface area contributed by atoms with Crippen molar-refractivity contribution in [3.63, 3.8) is 0 Å². The highest BCUT2D eigenvalue weighted by atomic mass is 35.5. The summed E-state index contributed by atoms with van der Waals surface area (Å²) in [5.74, 6) is 0. The van der Waals surface area contributed by atoms with E-state index in [0.29, 0.717) is 16.6 Å². The number of benzene rings is 1. The molecule has 0 atom stereocenters. The second-order valence-electron chi connectivity index (χ2n) is 3.62. The summed E-state index contributed by atoms with van der Waals surface area (Å²) in [5, 5.41) is 0.637. The normalized spacial score (nSPS) is 21.0. The molecule has 0 aromatic heterocycles. The molecular weight excluding hydrogens is 236 g/mol. The van der Waals surface area contributed by atoms with Crippen molar-refractivity contribution < 1.29 is 9.11 Å². The number of hydrogen-bond acceptors (Lipinski definition) is 4. The number of anilines is 1. The maximum atomic E-state index is 9.82. The van der Waals surface area contributed by atoms with Gasteiger partial charge in [-0.3, -0.25) is 9.11 Å². The Morgan fingerprint density at radius 1 is 1.47 bits per heavy atom. The molecule has 84 valence electrons. The van der Waals surface area contributed by atoms with Gasteiger partial charge in [-0.05, 0) is 24.6 Å². The van der Waals surface area contributed by atoms with Crippen LogP contribution in [0.25, 0.3) is 0 Å². The van der Waals surface area contributed by atoms with Crippen molar-refractivity contribution in [1.82, 2.24) is 4.72 Å². The Hall–Kier alpha value is -0.460. The number of halogens is 1. The Morgan fingerprint density at radius 2 is 2.13 bits per heavy atom. The Balaban J connectivity index is 2.63. The summed E-state index contributed by atoms with van der Waals surface area (Å²) < 4.78 is 22.3. The highest BCUT2D eigenvalue weighted by Crippen LogP contribution is 2.52. The fourth-order valence-corrected chi connectivity index (χ4v) is 3.06. The van der Waals surface area contributed by atoms with Crippen LogP contribution in [-0.4, -0.2) is 22.8 Å². The van der Waals surface area contributed by atoms with Gasteiger partial charge in [-0.2, -0.15) is 4.72 Å². The number of rotatable bonds is 0. The minimum Gasteiger partial charge on any atom is -0.359 e. The molecule has 0 fully saturated rings. The molecule has 0 radical (unpaired) electrons. The first-order valence-electron chi connectivity index (χ1n) is 4.46. The van der Waals surface area contributed by atoms with Crippen molar-refractivity contribution in [2.75, 3.05) is 18.6 Å². The second-order valence-corrected chi connectivity index (χ2v) is 5.85. The summed E-state index contributed by atoms with van der Waals surface area (Å²) in [5.41, 5.74) is 1.61. The Morgan fingerprint density at radius 3 is 2.80 bits per heavy atom. The van der Waals surface area contributed by atoms with Crippen LogP contribution in [0.5, 0.6) is 0 Å². The zero-order valence-electron chi connectivity index (χ0n) is 8.49. The zero-order valence-corrected chi connectivity index (χ0v) is 10.1. The molecule has 0 aliphatic carbocycles. The third kappa shape index (κ3) is 1.81. The van der Waals surface area contributed by atoms with Gasteiger partial charge in [-0.25, -0.2) is 0 Å². The molecule has 0 bridgehead atoms. The summed E-state index contributed by atoms with van der Waals surface area (Å²) in [6, 6.07) is 3.48. The van der Waals surface area contributed by atoms with Gasteiger partial charge >= 0.3 is 0 Å². The van der Waals surface area contributed by atoms with Crippen LogP contribution in [0.15, 0.2) is 17.0 Å². The highest BCUT2D eigenvalue weighted by molar-refractivity contribution is 8.22. The van der Waals surface area contributed by atoms with E-state index < -0.39 is 10.8 Å². The van der Waals surface area contributed by atoms with E-state index in [-0.39, 0.29) is 0 Å². The molecule has 15 heavy (non-hydrogen) atoms. The van der Waals surface area contributed by atoms with Gasteiger partial charge in [0.1, 0.15) is 0 Å². The molecule has 0 unspecified atom stereocenters. The van der Waals surface area contributed by atoms with Gasteiger partial charge < -0.3 is 4.90 Å². The van der Waals surface area contributed by atoms with Gasteiger partial charge in [-0.15, -0.1) is 10.8 Å². The minimum absolute atomic E-state index is 0.398. The second kappa shape index (κ2) is 3.54. The number of fused-ring (bicyclic) bond motifs is 1. The van der Waals surface area contributed by atoms with Crippen LogP contribution in [0.4, 0.5) is 5.69 Å². The molecule has 0 spiro atoms. The molecule has 0 saturated carbocycles. The van der Waals surface area contributed by atoms with Crippen LogP contribution < -0.4 is 9.62 Å². The largest absolute Gasteiger partial charge is 0.359 e. The number of aryl methyl sites for hydroxylation is 1. The van der Waals surface area contributed by atoms with E-state index in [1.165, 1.54) is 0 Å². The molecule has 0 amide bonds. The van der Waals surface area contributed by atoms with Crippen LogP contribution in [0.1, 0.15) is 5.56 Å². The first-order chi connectivity index (χ1) is 6.92. The van der Waals surface area contributed by atoms with Crippen LogP contribution >= 0.6 is 22.4 Å².